The highest BCUT2D eigenvalue weighted by molar-refractivity contribution is 9.10. The van der Waals surface area contributed by atoms with Gasteiger partial charge in [-0.1, -0.05) is 22.9 Å². The quantitative estimate of drug-likeness (QED) is 0.349. The first-order valence-electron chi connectivity index (χ1n) is 12.2. The van der Waals surface area contributed by atoms with Crippen LogP contribution < -0.4 is 15.5 Å². The Bertz CT molecular complexity index is 1260. The van der Waals surface area contributed by atoms with E-state index in [9.17, 15) is 9.59 Å². The molecule has 1 fully saturated rings. The number of alkyl carbamates (subject to hydrolysis) is 1. The van der Waals surface area contributed by atoms with Crippen molar-refractivity contribution in [3.05, 3.63) is 52.8 Å². The number of carbonyl (C=O) groups excluding carboxylic acids is 2. The zero-order valence-corrected chi connectivity index (χ0v) is 22.7. The highest BCUT2D eigenvalue weighted by Gasteiger charge is 2.25. The number of carbonyl (C=O) groups is 2. The highest BCUT2D eigenvalue weighted by atomic mass is 79.9. The standard InChI is InChI=1S/C27H32BrN5O3/c1-5-23(34)21-15-29-22-10-8-17(28)13-20(22)25(21)31-18-9-11-24(30-14-18)33-12-6-7-19(16-33)32-26(35)36-27(2,3)4/h8-11,13-15,19H,5-7,12,16H2,1-4H3,(H,29,31)(H,32,35)/t19-/m0/s1. The van der Waals surface area contributed by atoms with Crippen LogP contribution in [-0.2, 0) is 4.74 Å². The fourth-order valence-corrected chi connectivity index (χ4v) is 4.63. The molecule has 36 heavy (non-hydrogen) atoms. The average Bonchev–Trinajstić information content (AvgIpc) is 2.83. The number of piperidine rings is 1. The SMILES string of the molecule is CCC(=O)c1cnc2ccc(Br)cc2c1Nc1ccc(N2CCC[C@H](NC(=O)OC(C)(C)C)C2)nc1. The minimum absolute atomic E-state index is 0.00236. The largest absolute Gasteiger partial charge is 0.444 e. The molecule has 0 unspecified atom stereocenters. The summed E-state index contributed by atoms with van der Waals surface area (Å²) in [6.45, 7) is 8.94. The summed E-state index contributed by atoms with van der Waals surface area (Å²) in [5, 5.41) is 7.25. The molecule has 0 aliphatic carbocycles. The lowest BCUT2D eigenvalue weighted by atomic mass is 10.0. The van der Waals surface area contributed by atoms with Crippen LogP contribution in [-0.4, -0.2) is 46.6 Å². The minimum Gasteiger partial charge on any atom is -0.444 e. The van der Waals surface area contributed by atoms with Crippen molar-refractivity contribution in [2.75, 3.05) is 23.3 Å². The summed E-state index contributed by atoms with van der Waals surface area (Å²) in [6.07, 6.45) is 5.25. The number of ether oxygens (including phenoxy) is 1. The number of benzene rings is 1. The Balaban J connectivity index is 1.51. The van der Waals surface area contributed by atoms with Crippen LogP contribution in [0.25, 0.3) is 10.9 Å². The molecule has 3 heterocycles. The lowest BCUT2D eigenvalue weighted by Gasteiger charge is -2.34. The summed E-state index contributed by atoms with van der Waals surface area (Å²) in [4.78, 5) is 36.2. The number of ketones is 1. The van der Waals surface area contributed by atoms with Crippen molar-refractivity contribution in [2.45, 2.75) is 58.6 Å². The van der Waals surface area contributed by atoms with Crippen LogP contribution >= 0.6 is 15.9 Å². The van der Waals surface area contributed by atoms with Crippen molar-refractivity contribution in [3.8, 4) is 0 Å². The van der Waals surface area contributed by atoms with Crippen molar-refractivity contribution < 1.29 is 14.3 Å². The van der Waals surface area contributed by atoms with Crippen LogP contribution in [0.1, 0.15) is 57.3 Å². The maximum atomic E-state index is 12.6. The van der Waals surface area contributed by atoms with Crippen molar-refractivity contribution in [3.63, 3.8) is 0 Å². The number of hydrogen-bond acceptors (Lipinski definition) is 7. The monoisotopic (exact) mass is 553 g/mol. The molecule has 9 heteroatoms. The van der Waals surface area contributed by atoms with Gasteiger partial charge in [0.1, 0.15) is 11.4 Å². The molecule has 3 aromatic rings. The van der Waals surface area contributed by atoms with Crippen LogP contribution in [0.5, 0.6) is 0 Å². The van der Waals surface area contributed by atoms with Crippen molar-refractivity contribution in [2.24, 2.45) is 0 Å². The zero-order chi connectivity index (χ0) is 25.9. The van der Waals surface area contributed by atoms with Crippen LogP contribution in [0.15, 0.2) is 47.2 Å². The summed E-state index contributed by atoms with van der Waals surface area (Å²) in [6, 6.07) is 9.73. The topological polar surface area (TPSA) is 96.5 Å². The number of nitrogens with one attached hydrogen (secondary N) is 2. The van der Waals surface area contributed by atoms with Gasteiger partial charge in [0.2, 0.25) is 0 Å². The molecule has 0 bridgehead atoms. The first kappa shape index (κ1) is 25.9. The van der Waals surface area contributed by atoms with Crippen molar-refractivity contribution in [1.29, 1.82) is 0 Å². The number of pyridine rings is 2. The molecular weight excluding hydrogens is 522 g/mol. The Morgan fingerprint density at radius 2 is 1.97 bits per heavy atom. The molecule has 190 valence electrons. The van der Waals surface area contributed by atoms with E-state index in [0.717, 1.165) is 52.0 Å². The number of halogens is 1. The minimum atomic E-state index is -0.527. The molecule has 1 atom stereocenters. The molecule has 1 saturated heterocycles. The Hall–Kier alpha value is -3.20. The molecule has 8 nitrogen and oxygen atoms in total. The maximum Gasteiger partial charge on any atom is 0.407 e. The van der Waals surface area contributed by atoms with E-state index in [4.69, 9.17) is 4.74 Å². The van der Waals surface area contributed by atoms with E-state index < -0.39 is 11.7 Å². The van der Waals surface area contributed by atoms with E-state index in [-0.39, 0.29) is 11.8 Å². The first-order chi connectivity index (χ1) is 17.1. The van der Waals surface area contributed by atoms with Gasteiger partial charge in [-0.3, -0.25) is 9.78 Å². The van der Waals surface area contributed by atoms with E-state index in [1.807, 2.05) is 58.0 Å². The third-order valence-electron chi connectivity index (χ3n) is 5.93. The Labute approximate surface area is 220 Å². The molecule has 0 spiro atoms. The van der Waals surface area contributed by atoms with E-state index in [2.05, 4.69) is 41.4 Å². The third-order valence-corrected chi connectivity index (χ3v) is 6.43. The van der Waals surface area contributed by atoms with Crippen LogP contribution in [0.3, 0.4) is 0 Å². The van der Waals surface area contributed by atoms with E-state index in [1.165, 1.54) is 0 Å². The highest BCUT2D eigenvalue weighted by Crippen LogP contribution is 2.32. The van der Waals surface area contributed by atoms with Crippen molar-refractivity contribution in [1.82, 2.24) is 15.3 Å². The predicted molar refractivity (Wildman–Crippen MR) is 146 cm³/mol. The summed E-state index contributed by atoms with van der Waals surface area (Å²) < 4.78 is 6.31. The van der Waals surface area contributed by atoms with Crippen LogP contribution in [0.2, 0.25) is 0 Å². The lowest BCUT2D eigenvalue weighted by Crippen LogP contribution is -2.49. The molecule has 2 aromatic heterocycles. The maximum absolute atomic E-state index is 12.6. The number of aromatic nitrogens is 2. The Morgan fingerprint density at radius 1 is 1.17 bits per heavy atom. The second-order valence-electron chi connectivity index (χ2n) is 9.95. The molecule has 1 aromatic carbocycles. The Morgan fingerprint density at radius 3 is 2.67 bits per heavy atom. The van der Waals surface area contributed by atoms with Gasteiger partial charge >= 0.3 is 6.09 Å². The number of fused-ring (bicyclic) bond motifs is 1. The second-order valence-corrected chi connectivity index (χ2v) is 10.9. The van der Waals surface area contributed by atoms with Crippen LogP contribution in [0.4, 0.5) is 22.0 Å². The predicted octanol–water partition coefficient (Wildman–Crippen LogP) is 6.22. The van der Waals surface area contributed by atoms with E-state index in [0.29, 0.717) is 18.5 Å². The first-order valence-corrected chi connectivity index (χ1v) is 13.0. The summed E-state index contributed by atoms with van der Waals surface area (Å²) in [5.41, 5.74) is 2.33. The van der Waals surface area contributed by atoms with Gasteiger partial charge in [-0.2, -0.15) is 0 Å². The zero-order valence-electron chi connectivity index (χ0n) is 21.1. The van der Waals surface area contributed by atoms with Crippen molar-refractivity contribution >= 4 is 55.9 Å². The molecule has 1 amide bonds. The summed E-state index contributed by atoms with van der Waals surface area (Å²) in [5.74, 6) is 0.858. The van der Waals surface area contributed by atoms with Gasteiger partial charge in [-0.05, 0) is 63.9 Å². The molecule has 1 aliphatic heterocycles. The number of rotatable bonds is 6. The molecule has 0 saturated carbocycles. The molecule has 0 radical (unpaired) electrons. The number of hydrogen-bond donors (Lipinski definition) is 2. The molecule has 1 aliphatic rings. The lowest BCUT2D eigenvalue weighted by molar-refractivity contribution is 0.0499. The van der Waals surface area contributed by atoms with Gasteiger partial charge in [0.15, 0.2) is 5.78 Å². The number of amides is 1. The van der Waals surface area contributed by atoms with Gasteiger partial charge in [0.25, 0.3) is 0 Å². The van der Waals surface area contributed by atoms with Gasteiger partial charge in [0.05, 0.1) is 28.7 Å². The smallest absolute Gasteiger partial charge is 0.407 e. The fourth-order valence-electron chi connectivity index (χ4n) is 4.27. The van der Waals surface area contributed by atoms with Gasteiger partial charge in [-0.15, -0.1) is 0 Å². The third kappa shape index (κ3) is 6.32. The van der Waals surface area contributed by atoms with Gasteiger partial charge < -0.3 is 20.3 Å². The number of Topliss-reactive ketones (excluding diaryl/α,β-unsaturated/α-hetero) is 1. The van der Waals surface area contributed by atoms with Gasteiger partial charge in [-0.25, -0.2) is 9.78 Å². The molecular formula is C27H32BrN5O3. The van der Waals surface area contributed by atoms with Gasteiger partial charge in [0, 0.05) is 41.6 Å². The molecule has 2 N–H and O–H groups in total. The second kappa shape index (κ2) is 10.8. The average molecular weight is 554 g/mol. The number of anilines is 3. The normalized spacial score (nSPS) is 16.0. The van der Waals surface area contributed by atoms with Crippen LogP contribution in [0, 0.1) is 0 Å². The fraction of sp³-hybridized carbons (Fsp3) is 0.407. The Kier molecular flexibility index (Phi) is 7.78. The summed E-state index contributed by atoms with van der Waals surface area (Å²) >= 11 is 3.53. The van der Waals surface area contributed by atoms with E-state index >= 15 is 0 Å². The molecule has 4 rings (SSSR count). The summed E-state index contributed by atoms with van der Waals surface area (Å²) in [7, 11) is 0. The number of nitrogens with zero attached hydrogens (tertiary/aromatic N) is 3. The van der Waals surface area contributed by atoms with E-state index in [1.54, 1.807) is 12.4 Å².